The summed E-state index contributed by atoms with van der Waals surface area (Å²) in [5, 5.41) is 6.45. The first-order chi connectivity index (χ1) is 9.35. The fourth-order valence-electron chi connectivity index (χ4n) is 1.50. The van der Waals surface area contributed by atoms with E-state index in [4.69, 9.17) is 4.52 Å². The number of sulfonamides is 1. The monoisotopic (exact) mass is 360 g/mol. The van der Waals surface area contributed by atoms with E-state index in [2.05, 4.69) is 36.1 Å². The molecule has 2 rings (SSSR count). The Bertz CT molecular complexity index is 742. The number of nitrogens with zero attached hydrogens (tertiary/aromatic N) is 2. The minimum absolute atomic E-state index is 0.0165. The third kappa shape index (κ3) is 2.78. The topological polar surface area (TPSA) is 97.1 Å². The van der Waals surface area contributed by atoms with E-state index in [-0.39, 0.29) is 16.6 Å². The molecule has 0 aliphatic rings. The number of hydrogen-bond donors (Lipinski definition) is 2. The molecule has 0 aromatic carbocycles. The molecule has 108 valence electrons. The van der Waals surface area contributed by atoms with Gasteiger partial charge in [0.05, 0.1) is 5.69 Å². The second-order valence-electron chi connectivity index (χ2n) is 4.08. The summed E-state index contributed by atoms with van der Waals surface area (Å²) < 4.78 is 32.7. The fourth-order valence-corrected chi connectivity index (χ4v) is 3.22. The Balaban J connectivity index is 2.45. The molecule has 2 aromatic rings. The molecule has 2 N–H and O–H groups in total. The number of rotatable bonds is 4. The first-order valence-corrected chi connectivity index (χ1v) is 7.91. The van der Waals surface area contributed by atoms with Crippen molar-refractivity contribution in [3.05, 3.63) is 28.0 Å². The fraction of sp³-hybridized carbons (Fsp3) is 0.273. The molecule has 0 bridgehead atoms. The van der Waals surface area contributed by atoms with Crippen LogP contribution in [-0.4, -0.2) is 25.6 Å². The van der Waals surface area contributed by atoms with Crippen molar-refractivity contribution in [3.63, 3.8) is 0 Å². The van der Waals surface area contributed by atoms with Gasteiger partial charge in [0, 0.05) is 23.3 Å². The highest BCUT2D eigenvalue weighted by molar-refractivity contribution is 9.10. The number of anilines is 2. The van der Waals surface area contributed by atoms with Crippen molar-refractivity contribution in [1.29, 1.82) is 0 Å². The van der Waals surface area contributed by atoms with E-state index in [0.717, 1.165) is 0 Å². The number of halogens is 1. The Labute approximate surface area is 124 Å². The molecular weight excluding hydrogens is 348 g/mol. The quantitative estimate of drug-likeness (QED) is 0.867. The van der Waals surface area contributed by atoms with Crippen LogP contribution in [0.2, 0.25) is 0 Å². The van der Waals surface area contributed by atoms with Crippen LogP contribution in [0.25, 0.3) is 0 Å². The van der Waals surface area contributed by atoms with E-state index in [1.54, 1.807) is 20.9 Å². The third-order valence-corrected chi connectivity index (χ3v) is 4.51. The highest BCUT2D eigenvalue weighted by Crippen LogP contribution is 2.26. The van der Waals surface area contributed by atoms with E-state index in [9.17, 15) is 8.42 Å². The average Bonchev–Trinajstić information content (AvgIpc) is 2.70. The first kappa shape index (κ1) is 14.8. The van der Waals surface area contributed by atoms with Gasteiger partial charge in [0.1, 0.15) is 10.7 Å². The Morgan fingerprint density at radius 2 is 2.05 bits per heavy atom. The zero-order valence-electron chi connectivity index (χ0n) is 11.1. The van der Waals surface area contributed by atoms with Crippen LogP contribution in [0.3, 0.4) is 0 Å². The van der Waals surface area contributed by atoms with Crippen LogP contribution in [0.15, 0.2) is 26.2 Å². The summed E-state index contributed by atoms with van der Waals surface area (Å²) >= 11 is 3.20. The highest BCUT2D eigenvalue weighted by atomic mass is 79.9. The molecule has 0 radical (unpaired) electrons. The normalized spacial score (nSPS) is 11.4. The Hall–Kier alpha value is -1.61. The van der Waals surface area contributed by atoms with Gasteiger partial charge >= 0.3 is 0 Å². The van der Waals surface area contributed by atoms with Crippen molar-refractivity contribution in [2.45, 2.75) is 18.7 Å². The van der Waals surface area contributed by atoms with Crippen molar-refractivity contribution in [2.24, 2.45) is 0 Å². The molecule has 7 nitrogen and oxygen atoms in total. The highest BCUT2D eigenvalue weighted by Gasteiger charge is 2.23. The number of nitrogens with one attached hydrogen (secondary N) is 2. The van der Waals surface area contributed by atoms with Gasteiger partial charge < -0.3 is 9.84 Å². The lowest BCUT2D eigenvalue weighted by Gasteiger charge is -2.10. The maximum absolute atomic E-state index is 12.4. The van der Waals surface area contributed by atoms with E-state index in [0.29, 0.717) is 15.7 Å². The van der Waals surface area contributed by atoms with Crippen LogP contribution in [0.4, 0.5) is 11.7 Å². The van der Waals surface area contributed by atoms with Gasteiger partial charge in [-0.15, -0.1) is 0 Å². The number of aromatic nitrogens is 2. The number of aryl methyl sites for hydroxylation is 1. The van der Waals surface area contributed by atoms with Crippen molar-refractivity contribution < 1.29 is 12.9 Å². The zero-order chi connectivity index (χ0) is 14.9. The lowest BCUT2D eigenvalue weighted by Crippen LogP contribution is -2.15. The molecule has 0 saturated carbocycles. The summed E-state index contributed by atoms with van der Waals surface area (Å²) in [6.07, 6.45) is 1.51. The molecule has 20 heavy (non-hydrogen) atoms. The van der Waals surface area contributed by atoms with Gasteiger partial charge in [0.25, 0.3) is 10.0 Å². The van der Waals surface area contributed by atoms with Gasteiger partial charge in [-0.05, 0) is 35.8 Å². The summed E-state index contributed by atoms with van der Waals surface area (Å²) in [7, 11) is -2.23. The van der Waals surface area contributed by atoms with Crippen molar-refractivity contribution in [3.8, 4) is 0 Å². The lowest BCUT2D eigenvalue weighted by molar-refractivity contribution is 0.430. The minimum atomic E-state index is -3.83. The smallest absolute Gasteiger partial charge is 0.267 e. The Morgan fingerprint density at radius 1 is 1.35 bits per heavy atom. The minimum Gasteiger partial charge on any atom is -0.372 e. The van der Waals surface area contributed by atoms with Gasteiger partial charge in [-0.1, -0.05) is 5.16 Å². The third-order valence-electron chi connectivity index (χ3n) is 2.73. The first-order valence-electron chi connectivity index (χ1n) is 5.64. The molecule has 0 atom stereocenters. The van der Waals surface area contributed by atoms with Crippen LogP contribution in [0.5, 0.6) is 0 Å². The molecule has 0 aliphatic carbocycles. The van der Waals surface area contributed by atoms with Gasteiger partial charge in [-0.2, -0.15) is 0 Å². The van der Waals surface area contributed by atoms with E-state index in [1.807, 2.05) is 0 Å². The summed E-state index contributed by atoms with van der Waals surface area (Å²) in [5.74, 6) is 0.346. The molecule has 0 aliphatic heterocycles. The Kier molecular flexibility index (Phi) is 4.00. The van der Waals surface area contributed by atoms with Crippen LogP contribution < -0.4 is 10.0 Å². The zero-order valence-corrected chi connectivity index (χ0v) is 13.5. The van der Waals surface area contributed by atoms with Gasteiger partial charge in [0.2, 0.25) is 5.88 Å². The predicted molar refractivity (Wildman–Crippen MR) is 78.3 cm³/mol. The van der Waals surface area contributed by atoms with E-state index in [1.165, 1.54) is 12.3 Å². The Morgan fingerprint density at radius 3 is 2.60 bits per heavy atom. The van der Waals surface area contributed by atoms with Crippen molar-refractivity contribution in [1.82, 2.24) is 10.1 Å². The molecule has 0 amide bonds. The molecule has 0 saturated heterocycles. The van der Waals surface area contributed by atoms with Crippen LogP contribution in [0, 0.1) is 13.8 Å². The molecule has 2 heterocycles. The summed E-state index contributed by atoms with van der Waals surface area (Å²) in [6, 6.07) is 1.46. The van der Waals surface area contributed by atoms with Crippen LogP contribution >= 0.6 is 15.9 Å². The molecule has 2 aromatic heterocycles. The summed E-state index contributed by atoms with van der Waals surface area (Å²) in [5.41, 5.74) is 1.27. The average molecular weight is 361 g/mol. The second kappa shape index (κ2) is 5.41. The van der Waals surface area contributed by atoms with E-state index >= 15 is 0 Å². The maximum Gasteiger partial charge on any atom is 0.267 e. The molecular formula is C11H13BrN4O3S. The summed E-state index contributed by atoms with van der Waals surface area (Å²) in [4.78, 5) is 4.03. The maximum atomic E-state index is 12.4. The number of hydrogen-bond acceptors (Lipinski definition) is 6. The molecule has 0 spiro atoms. The largest absolute Gasteiger partial charge is 0.372 e. The van der Waals surface area contributed by atoms with Gasteiger partial charge in [0.15, 0.2) is 0 Å². The van der Waals surface area contributed by atoms with Crippen LogP contribution in [-0.2, 0) is 10.0 Å². The predicted octanol–water partition coefficient (Wildman–Crippen LogP) is 2.29. The number of pyridine rings is 1. The van der Waals surface area contributed by atoms with Crippen molar-refractivity contribution in [2.75, 3.05) is 17.1 Å². The lowest BCUT2D eigenvalue weighted by atomic mass is 10.3. The molecule has 0 fully saturated rings. The van der Waals surface area contributed by atoms with Gasteiger partial charge in [-0.3, -0.25) is 0 Å². The molecule has 9 heteroatoms. The van der Waals surface area contributed by atoms with Crippen molar-refractivity contribution >= 4 is 37.7 Å². The second-order valence-corrected chi connectivity index (χ2v) is 6.64. The summed E-state index contributed by atoms with van der Waals surface area (Å²) in [6.45, 7) is 3.46. The van der Waals surface area contributed by atoms with Gasteiger partial charge in [-0.25, -0.2) is 18.1 Å². The van der Waals surface area contributed by atoms with Crippen LogP contribution in [0.1, 0.15) is 11.3 Å². The van der Waals surface area contributed by atoms with E-state index < -0.39 is 10.0 Å². The standard InChI is InChI=1S/C11H13BrN4O3S/c1-6-7(2)15-19-11(6)16-20(17,18)9-4-8(12)5-14-10(9)13-3/h4-5,16H,1-3H3,(H,13,14). The molecule has 0 unspecified atom stereocenters. The SMILES string of the molecule is CNc1ncc(Br)cc1S(=O)(=O)Nc1onc(C)c1C.